The summed E-state index contributed by atoms with van der Waals surface area (Å²) < 4.78 is 5.68. The van der Waals surface area contributed by atoms with E-state index in [4.69, 9.17) is 10.3 Å². The molecule has 78 valence electrons. The Morgan fingerprint density at radius 1 is 1.47 bits per heavy atom. The molecule has 3 N–H and O–H groups in total. The minimum Gasteiger partial charge on any atom is -0.507 e. The smallest absolute Gasteiger partial charge is 0.240 e. The molecule has 5 nitrogen and oxygen atoms in total. The van der Waals surface area contributed by atoms with Crippen LogP contribution in [0.1, 0.15) is 5.89 Å². The molecule has 0 spiro atoms. The average Bonchev–Trinajstić information content (AvgIpc) is 2.70. The largest absolute Gasteiger partial charge is 0.507 e. The van der Waals surface area contributed by atoms with Gasteiger partial charge in [-0.1, -0.05) is 21.1 Å². The van der Waals surface area contributed by atoms with Gasteiger partial charge in [0.2, 0.25) is 11.7 Å². The molecule has 0 saturated carbocycles. The normalized spacial score (nSPS) is 10.5. The zero-order chi connectivity index (χ0) is 10.8. The van der Waals surface area contributed by atoms with Crippen molar-refractivity contribution in [3.05, 3.63) is 28.6 Å². The van der Waals surface area contributed by atoms with E-state index in [1.165, 1.54) is 0 Å². The number of aromatic nitrogens is 2. The molecule has 0 atom stereocenters. The molecular weight excluding hydrogens is 262 g/mol. The first-order valence-corrected chi connectivity index (χ1v) is 5.01. The van der Waals surface area contributed by atoms with Crippen molar-refractivity contribution in [3.8, 4) is 17.1 Å². The highest BCUT2D eigenvalue weighted by Crippen LogP contribution is 2.29. The zero-order valence-electron chi connectivity index (χ0n) is 7.64. The summed E-state index contributed by atoms with van der Waals surface area (Å²) >= 11 is 3.30. The van der Waals surface area contributed by atoms with Crippen molar-refractivity contribution in [1.29, 1.82) is 0 Å². The predicted octanol–water partition coefficient (Wildman–Crippen LogP) is 1.66. The molecule has 0 saturated heterocycles. The number of nitrogens with two attached hydrogens (primary N) is 1. The molecule has 0 aliphatic rings. The molecule has 0 aliphatic heterocycles. The Balaban J connectivity index is 2.48. The van der Waals surface area contributed by atoms with Gasteiger partial charge in [-0.05, 0) is 18.2 Å². The van der Waals surface area contributed by atoms with Crippen LogP contribution in [0.4, 0.5) is 0 Å². The molecular formula is C9H8BrN3O2. The second-order valence-electron chi connectivity index (χ2n) is 2.88. The summed E-state index contributed by atoms with van der Waals surface area (Å²) in [5.41, 5.74) is 5.85. The number of hydrogen-bond donors (Lipinski definition) is 2. The summed E-state index contributed by atoms with van der Waals surface area (Å²) in [7, 11) is 0. The van der Waals surface area contributed by atoms with E-state index in [1.807, 2.05) is 0 Å². The lowest BCUT2D eigenvalue weighted by molar-refractivity contribution is 0.380. The zero-order valence-corrected chi connectivity index (χ0v) is 9.23. The maximum Gasteiger partial charge on any atom is 0.240 e. The first-order valence-electron chi connectivity index (χ1n) is 4.22. The van der Waals surface area contributed by atoms with E-state index in [1.54, 1.807) is 18.2 Å². The van der Waals surface area contributed by atoms with E-state index < -0.39 is 0 Å². The molecule has 0 aliphatic carbocycles. The van der Waals surface area contributed by atoms with E-state index in [2.05, 4.69) is 26.1 Å². The predicted molar refractivity (Wildman–Crippen MR) is 57.0 cm³/mol. The first kappa shape index (κ1) is 10.1. The minimum absolute atomic E-state index is 0.0996. The molecule has 2 rings (SSSR count). The number of benzene rings is 1. The number of phenols is 1. The molecule has 1 aromatic heterocycles. The van der Waals surface area contributed by atoms with Gasteiger partial charge < -0.3 is 15.4 Å². The van der Waals surface area contributed by atoms with E-state index in [0.29, 0.717) is 17.3 Å². The average molecular weight is 270 g/mol. The maximum atomic E-state index is 9.60. The fraction of sp³-hybridized carbons (Fsp3) is 0.111. The second-order valence-corrected chi connectivity index (χ2v) is 3.79. The molecule has 0 amide bonds. The second kappa shape index (κ2) is 4.00. The van der Waals surface area contributed by atoms with Gasteiger partial charge >= 0.3 is 0 Å². The van der Waals surface area contributed by atoms with Crippen LogP contribution in [0.15, 0.2) is 27.2 Å². The van der Waals surface area contributed by atoms with Crippen molar-refractivity contribution < 1.29 is 9.63 Å². The Morgan fingerprint density at radius 2 is 2.27 bits per heavy atom. The van der Waals surface area contributed by atoms with Crippen LogP contribution >= 0.6 is 15.9 Å². The van der Waals surface area contributed by atoms with E-state index in [-0.39, 0.29) is 12.3 Å². The van der Waals surface area contributed by atoms with Crippen LogP contribution in [0.2, 0.25) is 0 Å². The summed E-state index contributed by atoms with van der Waals surface area (Å²) in [6.07, 6.45) is 0. The summed E-state index contributed by atoms with van der Waals surface area (Å²) in [4.78, 5) is 4.02. The van der Waals surface area contributed by atoms with Crippen LogP contribution in [0.5, 0.6) is 5.75 Å². The van der Waals surface area contributed by atoms with Crippen molar-refractivity contribution in [2.24, 2.45) is 5.73 Å². The Morgan fingerprint density at radius 3 is 2.93 bits per heavy atom. The van der Waals surface area contributed by atoms with Gasteiger partial charge in [0, 0.05) is 4.47 Å². The fourth-order valence-corrected chi connectivity index (χ4v) is 1.50. The van der Waals surface area contributed by atoms with Crippen molar-refractivity contribution in [3.63, 3.8) is 0 Å². The van der Waals surface area contributed by atoms with Crippen LogP contribution in [0, 0.1) is 0 Å². The number of aromatic hydroxyl groups is 1. The number of halogens is 1. The van der Waals surface area contributed by atoms with Gasteiger partial charge in [0.25, 0.3) is 0 Å². The van der Waals surface area contributed by atoms with Gasteiger partial charge in [-0.15, -0.1) is 0 Å². The van der Waals surface area contributed by atoms with Crippen LogP contribution in [-0.4, -0.2) is 15.2 Å². The third-order valence-corrected chi connectivity index (χ3v) is 2.34. The van der Waals surface area contributed by atoms with E-state index >= 15 is 0 Å². The third-order valence-electron chi connectivity index (χ3n) is 1.84. The lowest BCUT2D eigenvalue weighted by Gasteiger charge is -1.99. The van der Waals surface area contributed by atoms with Crippen LogP contribution in [0.25, 0.3) is 11.4 Å². The fourth-order valence-electron chi connectivity index (χ4n) is 1.13. The monoisotopic (exact) mass is 269 g/mol. The number of rotatable bonds is 2. The lowest BCUT2D eigenvalue weighted by atomic mass is 10.2. The Kier molecular flexibility index (Phi) is 2.70. The molecule has 15 heavy (non-hydrogen) atoms. The molecule has 2 aromatic rings. The van der Waals surface area contributed by atoms with Crippen LogP contribution in [-0.2, 0) is 6.54 Å². The summed E-state index contributed by atoms with van der Waals surface area (Å²) in [5.74, 6) is 0.765. The quantitative estimate of drug-likeness (QED) is 0.866. The first-order chi connectivity index (χ1) is 7.20. The third kappa shape index (κ3) is 2.00. The van der Waals surface area contributed by atoms with Gasteiger partial charge in [0.1, 0.15) is 5.75 Å². The molecule has 1 aromatic carbocycles. The molecule has 0 unspecified atom stereocenters. The molecule has 6 heteroatoms. The molecule has 0 fully saturated rings. The van der Waals surface area contributed by atoms with Crippen molar-refractivity contribution in [2.45, 2.75) is 6.54 Å². The van der Waals surface area contributed by atoms with E-state index in [0.717, 1.165) is 4.47 Å². The highest BCUT2D eigenvalue weighted by Gasteiger charge is 2.11. The van der Waals surface area contributed by atoms with Gasteiger partial charge in [-0.25, -0.2) is 0 Å². The molecule has 0 radical (unpaired) electrons. The van der Waals surface area contributed by atoms with Crippen molar-refractivity contribution in [2.75, 3.05) is 0 Å². The summed E-state index contributed by atoms with van der Waals surface area (Å²) in [5, 5.41) is 13.3. The van der Waals surface area contributed by atoms with E-state index in [9.17, 15) is 5.11 Å². The topological polar surface area (TPSA) is 85.2 Å². The van der Waals surface area contributed by atoms with Gasteiger partial charge in [-0.2, -0.15) is 4.98 Å². The van der Waals surface area contributed by atoms with Crippen molar-refractivity contribution in [1.82, 2.24) is 10.1 Å². The number of nitrogens with zero attached hydrogens (tertiary/aromatic N) is 2. The summed E-state index contributed by atoms with van der Waals surface area (Å²) in [6, 6.07) is 4.99. The van der Waals surface area contributed by atoms with Crippen LogP contribution < -0.4 is 5.73 Å². The lowest BCUT2D eigenvalue weighted by Crippen LogP contribution is -1.95. The SMILES string of the molecule is NCc1nc(-c2cc(Br)ccc2O)no1. The Hall–Kier alpha value is -1.40. The Labute approximate surface area is 94.0 Å². The maximum absolute atomic E-state index is 9.60. The van der Waals surface area contributed by atoms with Gasteiger partial charge in [0.15, 0.2) is 0 Å². The van der Waals surface area contributed by atoms with Crippen molar-refractivity contribution >= 4 is 15.9 Å². The van der Waals surface area contributed by atoms with Gasteiger partial charge in [-0.3, -0.25) is 0 Å². The Bertz CT molecular complexity index is 484. The minimum atomic E-state index is 0.0996. The van der Waals surface area contributed by atoms with Gasteiger partial charge in [0.05, 0.1) is 12.1 Å². The standard InChI is InChI=1S/C9H8BrN3O2/c10-5-1-2-7(14)6(3-5)9-12-8(4-11)15-13-9/h1-3,14H,4,11H2. The number of hydrogen-bond acceptors (Lipinski definition) is 5. The summed E-state index contributed by atoms with van der Waals surface area (Å²) in [6.45, 7) is 0.182. The molecule has 0 bridgehead atoms. The highest BCUT2D eigenvalue weighted by atomic mass is 79.9. The molecule has 1 heterocycles. The van der Waals surface area contributed by atoms with Crippen LogP contribution in [0.3, 0.4) is 0 Å². The highest BCUT2D eigenvalue weighted by molar-refractivity contribution is 9.10. The number of phenolic OH excluding ortho intramolecular Hbond substituents is 1.